The molecule has 2 unspecified atom stereocenters. The van der Waals surface area contributed by atoms with Crippen LogP contribution in [0.15, 0.2) is 48.5 Å². The van der Waals surface area contributed by atoms with Crippen LogP contribution in [0.5, 0.6) is 0 Å². The fourth-order valence-corrected chi connectivity index (χ4v) is 4.24. The Morgan fingerprint density at radius 1 is 0.958 bits per heavy atom. The maximum atomic E-state index is 6.23. The number of rotatable bonds is 3. The molecule has 4 rings (SSSR count). The minimum Gasteiger partial charge on any atom is -0.399 e. The van der Waals surface area contributed by atoms with Crippen LogP contribution in [0.2, 0.25) is 0 Å². The van der Waals surface area contributed by atoms with Crippen molar-refractivity contribution < 1.29 is 4.74 Å². The highest BCUT2D eigenvalue weighted by atomic mass is 16.5. The van der Waals surface area contributed by atoms with E-state index in [2.05, 4.69) is 41.3 Å². The number of piperidine rings is 1. The second-order valence-electron chi connectivity index (χ2n) is 7.06. The average molecular weight is 323 g/mol. The second kappa shape index (κ2) is 6.46. The summed E-state index contributed by atoms with van der Waals surface area (Å²) in [4.78, 5) is 2.62. The molecule has 2 aromatic rings. The highest BCUT2D eigenvalue weighted by Gasteiger charge is 2.39. The van der Waals surface area contributed by atoms with Gasteiger partial charge in [-0.15, -0.1) is 0 Å². The molecule has 4 nitrogen and oxygen atoms in total. The summed E-state index contributed by atoms with van der Waals surface area (Å²) in [6, 6.07) is 17.5. The lowest BCUT2D eigenvalue weighted by Crippen LogP contribution is -2.55. The van der Waals surface area contributed by atoms with E-state index in [1.54, 1.807) is 0 Å². The molecular formula is C20H25N3O. The third-order valence-electron chi connectivity index (χ3n) is 5.43. The van der Waals surface area contributed by atoms with E-state index in [0.29, 0.717) is 18.0 Å². The first kappa shape index (κ1) is 15.5. The monoisotopic (exact) mass is 323 g/mol. The number of morpholine rings is 1. The van der Waals surface area contributed by atoms with Gasteiger partial charge in [0.25, 0.3) is 0 Å². The third kappa shape index (κ3) is 2.99. The Labute approximate surface area is 143 Å². The van der Waals surface area contributed by atoms with Crippen LogP contribution >= 0.6 is 0 Å². The molecule has 2 bridgehead atoms. The summed E-state index contributed by atoms with van der Waals surface area (Å²) >= 11 is 0. The van der Waals surface area contributed by atoms with Crippen molar-refractivity contribution >= 4 is 11.4 Å². The Morgan fingerprint density at radius 2 is 1.67 bits per heavy atom. The summed E-state index contributed by atoms with van der Waals surface area (Å²) in [5.41, 5.74) is 16.5. The molecule has 2 aromatic carbocycles. The first-order valence-corrected chi connectivity index (χ1v) is 8.73. The van der Waals surface area contributed by atoms with Gasteiger partial charge >= 0.3 is 0 Å². The van der Waals surface area contributed by atoms with E-state index < -0.39 is 0 Å². The Morgan fingerprint density at radius 3 is 2.38 bits per heavy atom. The first-order valence-electron chi connectivity index (χ1n) is 8.73. The average Bonchev–Trinajstić information content (AvgIpc) is 2.58. The van der Waals surface area contributed by atoms with Gasteiger partial charge in [0.1, 0.15) is 0 Å². The molecule has 126 valence electrons. The van der Waals surface area contributed by atoms with Crippen LogP contribution in [-0.2, 0) is 11.3 Å². The number of ether oxygens (including phenoxy) is 1. The van der Waals surface area contributed by atoms with Gasteiger partial charge in [0.2, 0.25) is 0 Å². The largest absolute Gasteiger partial charge is 0.399 e. The standard InChI is InChI=1S/C20H25N3O/c21-16-6-7-20(22)19(10-16)15-8-17-12-24-13-18(9-15)23(17)11-14-4-2-1-3-5-14/h1-7,10,15,17-18H,8-9,11-13,21-22H2. The van der Waals surface area contributed by atoms with Gasteiger partial charge < -0.3 is 16.2 Å². The first-order chi connectivity index (χ1) is 11.7. The lowest BCUT2D eigenvalue weighted by Gasteiger charge is -2.49. The number of benzene rings is 2. The second-order valence-corrected chi connectivity index (χ2v) is 7.06. The molecule has 2 aliphatic heterocycles. The quantitative estimate of drug-likeness (QED) is 0.852. The minimum absolute atomic E-state index is 0.448. The SMILES string of the molecule is Nc1ccc(N)c(C2CC3COCC(C2)N3Cc2ccccc2)c1. The van der Waals surface area contributed by atoms with Gasteiger partial charge in [-0.05, 0) is 48.1 Å². The fourth-order valence-electron chi connectivity index (χ4n) is 4.24. The summed E-state index contributed by atoms with van der Waals surface area (Å²) < 4.78 is 5.85. The predicted molar refractivity (Wildman–Crippen MR) is 97.6 cm³/mol. The normalized spacial score (nSPS) is 27.1. The zero-order chi connectivity index (χ0) is 16.5. The fraction of sp³-hybridized carbons (Fsp3) is 0.400. The van der Waals surface area contributed by atoms with Gasteiger partial charge in [0, 0.05) is 30.0 Å². The molecule has 0 aliphatic carbocycles. The molecule has 0 saturated carbocycles. The van der Waals surface area contributed by atoms with E-state index in [1.807, 2.05) is 12.1 Å². The van der Waals surface area contributed by atoms with Crippen LogP contribution in [-0.4, -0.2) is 30.2 Å². The van der Waals surface area contributed by atoms with E-state index >= 15 is 0 Å². The summed E-state index contributed by atoms with van der Waals surface area (Å²) in [6.07, 6.45) is 2.16. The lowest BCUT2D eigenvalue weighted by atomic mass is 9.80. The molecule has 0 amide bonds. The molecule has 24 heavy (non-hydrogen) atoms. The van der Waals surface area contributed by atoms with Crippen molar-refractivity contribution in [2.24, 2.45) is 0 Å². The van der Waals surface area contributed by atoms with E-state index in [-0.39, 0.29) is 0 Å². The van der Waals surface area contributed by atoms with Gasteiger partial charge in [-0.25, -0.2) is 0 Å². The number of hydrogen-bond acceptors (Lipinski definition) is 4. The maximum absolute atomic E-state index is 6.23. The zero-order valence-corrected chi connectivity index (χ0v) is 13.9. The number of fused-ring (bicyclic) bond motifs is 2. The molecule has 2 aliphatic rings. The summed E-state index contributed by atoms with van der Waals surface area (Å²) in [6.45, 7) is 2.61. The molecule has 4 N–H and O–H groups in total. The van der Waals surface area contributed by atoms with E-state index in [1.165, 1.54) is 11.1 Å². The molecule has 0 aromatic heterocycles. The van der Waals surface area contributed by atoms with Gasteiger partial charge in [-0.1, -0.05) is 30.3 Å². The van der Waals surface area contributed by atoms with Gasteiger partial charge in [0.15, 0.2) is 0 Å². The van der Waals surface area contributed by atoms with E-state index in [4.69, 9.17) is 16.2 Å². The summed E-state index contributed by atoms with van der Waals surface area (Å²) in [7, 11) is 0. The topological polar surface area (TPSA) is 64.5 Å². The van der Waals surface area contributed by atoms with Crippen LogP contribution < -0.4 is 11.5 Å². The zero-order valence-electron chi connectivity index (χ0n) is 13.9. The van der Waals surface area contributed by atoms with Crippen molar-refractivity contribution in [3.8, 4) is 0 Å². The molecule has 2 heterocycles. The third-order valence-corrected chi connectivity index (χ3v) is 5.43. The Bertz CT molecular complexity index is 689. The maximum Gasteiger partial charge on any atom is 0.0623 e. The van der Waals surface area contributed by atoms with Gasteiger partial charge in [0.05, 0.1) is 13.2 Å². The smallest absolute Gasteiger partial charge is 0.0623 e. The lowest BCUT2D eigenvalue weighted by molar-refractivity contribution is -0.0828. The van der Waals surface area contributed by atoms with Crippen molar-refractivity contribution in [3.63, 3.8) is 0 Å². The molecule has 4 heteroatoms. The summed E-state index contributed by atoms with van der Waals surface area (Å²) in [5.74, 6) is 0.472. The van der Waals surface area contributed by atoms with E-state index in [0.717, 1.165) is 44.0 Å². The number of nitrogens with two attached hydrogens (primary N) is 2. The van der Waals surface area contributed by atoms with Crippen LogP contribution in [0.4, 0.5) is 11.4 Å². The van der Waals surface area contributed by atoms with Crippen molar-refractivity contribution in [1.82, 2.24) is 4.90 Å². The molecule has 2 atom stereocenters. The molecule has 0 radical (unpaired) electrons. The van der Waals surface area contributed by atoms with Crippen LogP contribution in [0.3, 0.4) is 0 Å². The Kier molecular flexibility index (Phi) is 4.17. The molecule has 2 fully saturated rings. The van der Waals surface area contributed by atoms with E-state index in [9.17, 15) is 0 Å². The number of hydrogen-bond donors (Lipinski definition) is 2. The molecule has 0 spiro atoms. The van der Waals surface area contributed by atoms with Gasteiger partial charge in [-0.2, -0.15) is 0 Å². The van der Waals surface area contributed by atoms with Crippen LogP contribution in [0, 0.1) is 0 Å². The number of anilines is 2. The number of nitrogens with zero attached hydrogens (tertiary/aromatic N) is 1. The predicted octanol–water partition coefficient (Wildman–Crippen LogP) is 3.00. The van der Waals surface area contributed by atoms with Crippen molar-refractivity contribution in [2.75, 3.05) is 24.7 Å². The number of nitrogen functional groups attached to an aromatic ring is 2. The van der Waals surface area contributed by atoms with Crippen molar-refractivity contribution in [2.45, 2.75) is 37.4 Å². The van der Waals surface area contributed by atoms with Crippen LogP contribution in [0.25, 0.3) is 0 Å². The van der Waals surface area contributed by atoms with Gasteiger partial charge in [-0.3, -0.25) is 4.90 Å². The highest BCUT2D eigenvalue weighted by Crippen LogP contribution is 2.40. The molecular weight excluding hydrogens is 298 g/mol. The Hall–Kier alpha value is -2.04. The minimum atomic E-state index is 0.448. The molecule has 2 saturated heterocycles. The summed E-state index contributed by atoms with van der Waals surface area (Å²) in [5, 5.41) is 0. The highest BCUT2D eigenvalue weighted by molar-refractivity contribution is 5.56. The van der Waals surface area contributed by atoms with Crippen molar-refractivity contribution in [1.29, 1.82) is 0 Å². The Balaban J connectivity index is 1.55. The van der Waals surface area contributed by atoms with Crippen LogP contribution in [0.1, 0.15) is 29.9 Å². The van der Waals surface area contributed by atoms with Crippen molar-refractivity contribution in [3.05, 3.63) is 59.7 Å².